The summed E-state index contributed by atoms with van der Waals surface area (Å²) in [5, 5.41) is 18.6. The minimum Gasteiger partial charge on any atom is -0.504 e. The molecular weight excluding hydrogens is 168 g/mol. The van der Waals surface area contributed by atoms with Gasteiger partial charge in [0.1, 0.15) is 0 Å². The first-order valence-corrected chi connectivity index (χ1v) is 4.38. The number of ether oxygens (including phenoxy) is 1. The van der Waals surface area contributed by atoms with E-state index in [0.29, 0.717) is 12.4 Å². The summed E-state index contributed by atoms with van der Waals surface area (Å²) < 4.78 is 5.33. The zero-order valence-electron chi connectivity index (χ0n) is 7.23. The molecule has 0 aromatic heterocycles. The van der Waals surface area contributed by atoms with Gasteiger partial charge in [-0.3, -0.25) is 0 Å². The molecule has 0 aliphatic carbocycles. The van der Waals surface area contributed by atoms with Crippen molar-refractivity contribution in [2.24, 2.45) is 0 Å². The Kier molecular flexibility index (Phi) is 2.10. The van der Waals surface area contributed by atoms with E-state index >= 15 is 0 Å². The Labute approximate surface area is 76.6 Å². The van der Waals surface area contributed by atoms with E-state index < -0.39 is 0 Å². The molecule has 1 atom stereocenters. The van der Waals surface area contributed by atoms with Crippen LogP contribution in [0.2, 0.25) is 0 Å². The number of para-hydroxylation sites is 1. The van der Waals surface area contributed by atoms with Gasteiger partial charge in [-0.1, -0.05) is 12.1 Å². The Balaban J connectivity index is 2.45. The van der Waals surface area contributed by atoms with Gasteiger partial charge in [0.15, 0.2) is 11.5 Å². The van der Waals surface area contributed by atoms with Crippen LogP contribution >= 0.6 is 0 Å². The average Bonchev–Trinajstić information content (AvgIpc) is 2.18. The number of aliphatic hydroxyl groups excluding tert-OH is 1. The third-order valence-electron chi connectivity index (χ3n) is 2.40. The first-order chi connectivity index (χ1) is 6.33. The molecule has 1 aliphatic heterocycles. The molecule has 0 saturated heterocycles. The standard InChI is InChI=1S/C10H12O3/c11-6-7-4-5-13-10-8(7)2-1-3-9(10)12/h1-3,7,11-12H,4-6H2. The monoisotopic (exact) mass is 180 g/mol. The summed E-state index contributed by atoms with van der Waals surface area (Å²) in [5.74, 6) is 0.805. The van der Waals surface area contributed by atoms with Gasteiger partial charge in [0.2, 0.25) is 0 Å². The van der Waals surface area contributed by atoms with Gasteiger partial charge < -0.3 is 14.9 Å². The fourth-order valence-corrected chi connectivity index (χ4v) is 1.67. The Morgan fingerprint density at radius 2 is 2.31 bits per heavy atom. The lowest BCUT2D eigenvalue weighted by molar-refractivity contribution is 0.200. The molecular formula is C10H12O3. The van der Waals surface area contributed by atoms with Crippen molar-refractivity contribution in [3.8, 4) is 11.5 Å². The van der Waals surface area contributed by atoms with E-state index in [2.05, 4.69) is 0 Å². The summed E-state index contributed by atoms with van der Waals surface area (Å²) >= 11 is 0. The molecule has 0 fully saturated rings. The van der Waals surface area contributed by atoms with Gasteiger partial charge in [0, 0.05) is 11.5 Å². The quantitative estimate of drug-likeness (QED) is 0.683. The van der Waals surface area contributed by atoms with Crippen LogP contribution in [-0.2, 0) is 0 Å². The van der Waals surface area contributed by atoms with E-state index in [0.717, 1.165) is 12.0 Å². The second kappa shape index (κ2) is 3.26. The molecule has 0 saturated carbocycles. The Morgan fingerprint density at radius 1 is 1.46 bits per heavy atom. The highest BCUT2D eigenvalue weighted by atomic mass is 16.5. The lowest BCUT2D eigenvalue weighted by atomic mass is 9.94. The van der Waals surface area contributed by atoms with Crippen LogP contribution in [0.15, 0.2) is 18.2 Å². The van der Waals surface area contributed by atoms with Crippen LogP contribution in [0.25, 0.3) is 0 Å². The van der Waals surface area contributed by atoms with Crippen LogP contribution in [0.4, 0.5) is 0 Å². The second-order valence-corrected chi connectivity index (χ2v) is 3.21. The normalized spacial score (nSPS) is 20.5. The number of rotatable bonds is 1. The highest BCUT2D eigenvalue weighted by molar-refractivity contribution is 5.48. The van der Waals surface area contributed by atoms with Crippen molar-refractivity contribution in [1.82, 2.24) is 0 Å². The predicted molar refractivity (Wildman–Crippen MR) is 48.0 cm³/mol. The van der Waals surface area contributed by atoms with Gasteiger partial charge in [-0.05, 0) is 12.5 Å². The summed E-state index contributed by atoms with van der Waals surface area (Å²) in [6.07, 6.45) is 0.812. The van der Waals surface area contributed by atoms with Crippen molar-refractivity contribution >= 4 is 0 Å². The van der Waals surface area contributed by atoms with Gasteiger partial charge >= 0.3 is 0 Å². The van der Waals surface area contributed by atoms with Crippen LogP contribution in [0.3, 0.4) is 0 Å². The van der Waals surface area contributed by atoms with Crippen molar-refractivity contribution < 1.29 is 14.9 Å². The zero-order valence-corrected chi connectivity index (χ0v) is 7.23. The van der Waals surface area contributed by atoms with Crippen molar-refractivity contribution in [2.45, 2.75) is 12.3 Å². The van der Waals surface area contributed by atoms with Crippen LogP contribution in [0.1, 0.15) is 17.9 Å². The number of benzene rings is 1. The van der Waals surface area contributed by atoms with E-state index in [1.54, 1.807) is 12.1 Å². The summed E-state index contributed by atoms with van der Waals surface area (Å²) in [6, 6.07) is 5.25. The lowest BCUT2D eigenvalue weighted by Gasteiger charge is -2.24. The smallest absolute Gasteiger partial charge is 0.164 e. The molecule has 0 radical (unpaired) electrons. The molecule has 1 heterocycles. The van der Waals surface area contributed by atoms with Crippen molar-refractivity contribution in [3.05, 3.63) is 23.8 Å². The van der Waals surface area contributed by atoms with Gasteiger partial charge in [0.05, 0.1) is 13.2 Å². The highest BCUT2D eigenvalue weighted by Gasteiger charge is 2.22. The molecule has 13 heavy (non-hydrogen) atoms. The number of hydrogen-bond acceptors (Lipinski definition) is 3. The first-order valence-electron chi connectivity index (χ1n) is 4.38. The molecule has 3 heteroatoms. The second-order valence-electron chi connectivity index (χ2n) is 3.21. The summed E-state index contributed by atoms with van der Waals surface area (Å²) in [4.78, 5) is 0. The fraction of sp³-hybridized carbons (Fsp3) is 0.400. The SMILES string of the molecule is OCC1CCOc2c(O)cccc21. The maximum Gasteiger partial charge on any atom is 0.164 e. The minimum atomic E-state index is 0.107. The number of phenols is 1. The van der Waals surface area contributed by atoms with E-state index in [9.17, 15) is 5.11 Å². The van der Waals surface area contributed by atoms with E-state index in [1.165, 1.54) is 0 Å². The third kappa shape index (κ3) is 1.35. The van der Waals surface area contributed by atoms with Crippen LogP contribution in [0.5, 0.6) is 11.5 Å². The Morgan fingerprint density at radius 3 is 3.08 bits per heavy atom. The molecule has 2 rings (SSSR count). The Bertz CT molecular complexity index is 309. The van der Waals surface area contributed by atoms with Crippen molar-refractivity contribution in [1.29, 1.82) is 0 Å². The molecule has 0 spiro atoms. The topological polar surface area (TPSA) is 49.7 Å². The highest BCUT2D eigenvalue weighted by Crippen LogP contribution is 2.39. The van der Waals surface area contributed by atoms with Gasteiger partial charge in [-0.2, -0.15) is 0 Å². The predicted octanol–water partition coefficient (Wildman–Crippen LogP) is 1.25. The first kappa shape index (κ1) is 8.38. The molecule has 2 N–H and O–H groups in total. The Hall–Kier alpha value is -1.22. The maximum atomic E-state index is 9.46. The van der Waals surface area contributed by atoms with Crippen LogP contribution in [-0.4, -0.2) is 23.4 Å². The van der Waals surface area contributed by atoms with E-state index in [4.69, 9.17) is 9.84 Å². The van der Waals surface area contributed by atoms with E-state index in [-0.39, 0.29) is 18.3 Å². The summed E-state index contributed by atoms with van der Waals surface area (Å²) in [6.45, 7) is 0.676. The number of aromatic hydroxyl groups is 1. The molecule has 0 amide bonds. The number of phenolic OH excluding ortho intramolecular Hbond substituents is 1. The molecule has 0 bridgehead atoms. The van der Waals surface area contributed by atoms with E-state index in [1.807, 2.05) is 6.07 Å². The number of aliphatic hydroxyl groups is 1. The third-order valence-corrected chi connectivity index (χ3v) is 2.40. The zero-order chi connectivity index (χ0) is 9.26. The molecule has 1 aliphatic rings. The van der Waals surface area contributed by atoms with Crippen molar-refractivity contribution in [3.63, 3.8) is 0 Å². The molecule has 1 aromatic rings. The largest absolute Gasteiger partial charge is 0.504 e. The lowest BCUT2D eigenvalue weighted by Crippen LogP contribution is -2.16. The molecule has 1 aromatic carbocycles. The molecule has 1 unspecified atom stereocenters. The van der Waals surface area contributed by atoms with Gasteiger partial charge in [-0.25, -0.2) is 0 Å². The van der Waals surface area contributed by atoms with Gasteiger partial charge in [-0.15, -0.1) is 0 Å². The average molecular weight is 180 g/mol. The number of hydrogen-bond donors (Lipinski definition) is 2. The summed E-state index contributed by atoms with van der Waals surface area (Å²) in [7, 11) is 0. The van der Waals surface area contributed by atoms with Crippen molar-refractivity contribution in [2.75, 3.05) is 13.2 Å². The fourth-order valence-electron chi connectivity index (χ4n) is 1.67. The summed E-state index contributed by atoms with van der Waals surface area (Å²) in [5.41, 5.74) is 0.911. The minimum absolute atomic E-state index is 0.107. The maximum absolute atomic E-state index is 9.46. The van der Waals surface area contributed by atoms with Crippen LogP contribution in [0, 0.1) is 0 Å². The van der Waals surface area contributed by atoms with Gasteiger partial charge in [0.25, 0.3) is 0 Å². The molecule has 70 valence electrons. The van der Waals surface area contributed by atoms with Crippen LogP contribution < -0.4 is 4.74 Å². The molecule has 3 nitrogen and oxygen atoms in total. The number of fused-ring (bicyclic) bond motifs is 1.